The van der Waals surface area contributed by atoms with Gasteiger partial charge in [0.2, 0.25) is 0 Å². The van der Waals surface area contributed by atoms with E-state index in [4.69, 9.17) is 10.5 Å². The number of benzene rings is 2. The van der Waals surface area contributed by atoms with Crippen molar-refractivity contribution in [2.75, 3.05) is 13.7 Å². The molecular weight excluding hydrogens is 222 g/mol. The lowest BCUT2D eigenvalue weighted by Crippen LogP contribution is -2.00. The van der Waals surface area contributed by atoms with E-state index >= 15 is 0 Å². The molecule has 0 aliphatic carbocycles. The van der Waals surface area contributed by atoms with E-state index in [1.165, 1.54) is 16.7 Å². The Labute approximate surface area is 108 Å². The molecule has 0 aliphatic rings. The van der Waals surface area contributed by atoms with Crippen molar-refractivity contribution in [2.45, 2.75) is 12.8 Å². The molecule has 0 atom stereocenters. The Morgan fingerprint density at radius 3 is 1.94 bits per heavy atom. The summed E-state index contributed by atoms with van der Waals surface area (Å²) in [6.45, 7) is 0.750. The monoisotopic (exact) mass is 241 g/mol. The Morgan fingerprint density at radius 1 is 0.889 bits per heavy atom. The van der Waals surface area contributed by atoms with Crippen LogP contribution in [0, 0.1) is 0 Å². The summed E-state index contributed by atoms with van der Waals surface area (Å²) in [4.78, 5) is 0. The molecule has 18 heavy (non-hydrogen) atoms. The predicted molar refractivity (Wildman–Crippen MR) is 75.8 cm³/mol. The normalized spacial score (nSPS) is 10.3. The Morgan fingerprint density at radius 2 is 1.44 bits per heavy atom. The zero-order valence-electron chi connectivity index (χ0n) is 10.7. The average Bonchev–Trinajstić information content (AvgIpc) is 2.46. The van der Waals surface area contributed by atoms with Crippen molar-refractivity contribution < 1.29 is 4.74 Å². The third-order valence-electron chi connectivity index (χ3n) is 3.05. The van der Waals surface area contributed by atoms with Crippen LogP contribution in [0.15, 0.2) is 48.5 Å². The van der Waals surface area contributed by atoms with E-state index in [1.54, 1.807) is 7.11 Å². The molecule has 0 spiro atoms. The Balaban J connectivity index is 2.12. The second-order valence-electron chi connectivity index (χ2n) is 4.32. The van der Waals surface area contributed by atoms with Crippen LogP contribution in [0.4, 0.5) is 0 Å². The first-order chi connectivity index (χ1) is 8.83. The first-order valence-corrected chi connectivity index (χ1v) is 6.27. The standard InChI is InChI=1S/C16H19NO/c1-18-16-10-8-15(9-11-16)14-6-4-13(5-7-14)3-2-12-17/h4-11H,2-3,12,17H2,1H3. The van der Waals surface area contributed by atoms with Crippen LogP contribution in [-0.2, 0) is 6.42 Å². The van der Waals surface area contributed by atoms with Gasteiger partial charge in [-0.05, 0) is 48.2 Å². The van der Waals surface area contributed by atoms with Gasteiger partial charge in [0.1, 0.15) is 5.75 Å². The maximum Gasteiger partial charge on any atom is 0.118 e. The first kappa shape index (κ1) is 12.7. The number of ether oxygens (including phenoxy) is 1. The van der Waals surface area contributed by atoms with Crippen LogP contribution in [0.2, 0.25) is 0 Å². The minimum atomic E-state index is 0.750. The van der Waals surface area contributed by atoms with Crippen LogP contribution in [0.25, 0.3) is 11.1 Å². The second-order valence-corrected chi connectivity index (χ2v) is 4.32. The molecule has 2 aromatic carbocycles. The highest BCUT2D eigenvalue weighted by atomic mass is 16.5. The summed E-state index contributed by atoms with van der Waals surface area (Å²) in [5, 5.41) is 0. The van der Waals surface area contributed by atoms with Crippen LogP contribution in [0.5, 0.6) is 5.75 Å². The van der Waals surface area contributed by atoms with Crippen LogP contribution < -0.4 is 10.5 Å². The molecule has 0 aliphatic heterocycles. The molecule has 0 aromatic heterocycles. The van der Waals surface area contributed by atoms with Crippen LogP contribution >= 0.6 is 0 Å². The highest BCUT2D eigenvalue weighted by molar-refractivity contribution is 5.64. The van der Waals surface area contributed by atoms with Crippen LogP contribution in [0.1, 0.15) is 12.0 Å². The lowest BCUT2D eigenvalue weighted by molar-refractivity contribution is 0.415. The summed E-state index contributed by atoms with van der Waals surface area (Å²) < 4.78 is 5.16. The van der Waals surface area contributed by atoms with Gasteiger partial charge < -0.3 is 10.5 Å². The van der Waals surface area contributed by atoms with Gasteiger partial charge in [-0.3, -0.25) is 0 Å². The minimum absolute atomic E-state index is 0.750. The molecular formula is C16H19NO. The fourth-order valence-electron chi connectivity index (χ4n) is 1.95. The minimum Gasteiger partial charge on any atom is -0.497 e. The van der Waals surface area contributed by atoms with Crippen molar-refractivity contribution in [3.8, 4) is 16.9 Å². The van der Waals surface area contributed by atoms with E-state index in [-0.39, 0.29) is 0 Å². The number of methoxy groups -OCH3 is 1. The lowest BCUT2D eigenvalue weighted by Gasteiger charge is -2.05. The molecule has 2 aromatic rings. The van der Waals surface area contributed by atoms with E-state index in [0.717, 1.165) is 25.1 Å². The third kappa shape index (κ3) is 3.11. The molecule has 0 bridgehead atoms. The van der Waals surface area contributed by atoms with Gasteiger partial charge in [0.05, 0.1) is 7.11 Å². The third-order valence-corrected chi connectivity index (χ3v) is 3.05. The molecule has 0 saturated heterocycles. The molecule has 0 heterocycles. The number of nitrogens with two attached hydrogens (primary N) is 1. The molecule has 2 N–H and O–H groups in total. The molecule has 2 nitrogen and oxygen atoms in total. The van der Waals surface area contributed by atoms with Gasteiger partial charge in [-0.15, -0.1) is 0 Å². The SMILES string of the molecule is COc1ccc(-c2ccc(CCCN)cc2)cc1. The van der Waals surface area contributed by atoms with Crippen LogP contribution in [0.3, 0.4) is 0 Å². The first-order valence-electron chi connectivity index (χ1n) is 6.27. The Bertz CT molecular complexity index is 473. The quantitative estimate of drug-likeness (QED) is 0.872. The Kier molecular flexibility index (Phi) is 4.37. The lowest BCUT2D eigenvalue weighted by atomic mass is 10.0. The molecule has 2 heteroatoms. The highest BCUT2D eigenvalue weighted by Gasteiger charge is 1.99. The molecule has 0 unspecified atom stereocenters. The zero-order valence-corrected chi connectivity index (χ0v) is 10.7. The van der Waals surface area contributed by atoms with Gasteiger partial charge in [-0.2, -0.15) is 0 Å². The summed E-state index contributed by atoms with van der Waals surface area (Å²) >= 11 is 0. The van der Waals surface area contributed by atoms with E-state index in [0.29, 0.717) is 0 Å². The highest BCUT2D eigenvalue weighted by Crippen LogP contribution is 2.22. The summed E-state index contributed by atoms with van der Waals surface area (Å²) in [5.41, 5.74) is 9.30. The largest absolute Gasteiger partial charge is 0.497 e. The Hall–Kier alpha value is -1.80. The predicted octanol–water partition coefficient (Wildman–Crippen LogP) is 3.25. The summed E-state index contributed by atoms with van der Waals surface area (Å²) in [5.74, 6) is 0.887. The maximum absolute atomic E-state index is 5.51. The van der Waals surface area contributed by atoms with Gasteiger partial charge in [-0.25, -0.2) is 0 Å². The molecule has 0 fully saturated rings. The van der Waals surface area contributed by atoms with E-state index in [1.807, 2.05) is 12.1 Å². The fraction of sp³-hybridized carbons (Fsp3) is 0.250. The number of aryl methyl sites for hydroxylation is 1. The number of rotatable bonds is 5. The van der Waals surface area contributed by atoms with Gasteiger partial charge in [0.25, 0.3) is 0 Å². The van der Waals surface area contributed by atoms with Crippen molar-refractivity contribution in [3.05, 3.63) is 54.1 Å². The smallest absolute Gasteiger partial charge is 0.118 e. The maximum atomic E-state index is 5.51. The van der Waals surface area contributed by atoms with E-state index in [9.17, 15) is 0 Å². The summed E-state index contributed by atoms with van der Waals surface area (Å²) in [6.07, 6.45) is 2.10. The van der Waals surface area contributed by atoms with Gasteiger partial charge in [0, 0.05) is 0 Å². The van der Waals surface area contributed by atoms with Crippen molar-refractivity contribution in [3.63, 3.8) is 0 Å². The van der Waals surface area contributed by atoms with Crippen molar-refractivity contribution in [1.29, 1.82) is 0 Å². The van der Waals surface area contributed by atoms with Crippen molar-refractivity contribution in [2.24, 2.45) is 5.73 Å². The van der Waals surface area contributed by atoms with Gasteiger partial charge >= 0.3 is 0 Å². The van der Waals surface area contributed by atoms with Crippen LogP contribution in [-0.4, -0.2) is 13.7 Å². The summed E-state index contributed by atoms with van der Waals surface area (Å²) in [7, 11) is 1.68. The van der Waals surface area contributed by atoms with Gasteiger partial charge in [-0.1, -0.05) is 36.4 Å². The van der Waals surface area contributed by atoms with E-state index < -0.39 is 0 Å². The average molecular weight is 241 g/mol. The number of hydrogen-bond acceptors (Lipinski definition) is 2. The fourth-order valence-corrected chi connectivity index (χ4v) is 1.95. The molecule has 0 saturated carbocycles. The second kappa shape index (κ2) is 6.22. The van der Waals surface area contributed by atoms with Gasteiger partial charge in [0.15, 0.2) is 0 Å². The molecule has 94 valence electrons. The number of hydrogen-bond donors (Lipinski definition) is 1. The topological polar surface area (TPSA) is 35.2 Å². The summed E-state index contributed by atoms with van der Waals surface area (Å²) in [6, 6.07) is 16.8. The molecule has 0 radical (unpaired) electrons. The zero-order chi connectivity index (χ0) is 12.8. The molecule has 2 rings (SSSR count). The van der Waals surface area contributed by atoms with Crippen molar-refractivity contribution in [1.82, 2.24) is 0 Å². The molecule has 0 amide bonds. The van der Waals surface area contributed by atoms with Crippen molar-refractivity contribution >= 4 is 0 Å². The van der Waals surface area contributed by atoms with E-state index in [2.05, 4.69) is 36.4 Å².